The van der Waals surface area contributed by atoms with E-state index in [1.807, 2.05) is 13.8 Å². The number of rotatable bonds is 7. The quantitative estimate of drug-likeness (QED) is 0.359. The van der Waals surface area contributed by atoms with Gasteiger partial charge in [0.05, 0.1) is 18.8 Å². The van der Waals surface area contributed by atoms with Crippen LogP contribution >= 0.6 is 23.5 Å². The van der Waals surface area contributed by atoms with Crippen LogP contribution in [0.4, 0.5) is 0 Å². The molecule has 1 saturated heterocycles. The number of ether oxygens (including phenoxy) is 1. The lowest BCUT2D eigenvalue weighted by Crippen LogP contribution is -2.26. The average Bonchev–Trinajstić information content (AvgIpc) is 2.74. The molecule has 0 aromatic heterocycles. The molecule has 5 atom stereocenters. The summed E-state index contributed by atoms with van der Waals surface area (Å²) in [6.07, 6.45) is -0.712. The fourth-order valence-corrected chi connectivity index (χ4v) is 4.59. The topological polar surface area (TPSA) is 189 Å². The van der Waals surface area contributed by atoms with E-state index in [0.29, 0.717) is 0 Å². The van der Waals surface area contributed by atoms with Crippen LogP contribution in [0.5, 0.6) is 0 Å². The molecule has 26 heavy (non-hydrogen) atoms. The minimum absolute atomic E-state index is 0.268. The molecule has 1 aliphatic heterocycles. The van der Waals surface area contributed by atoms with Crippen LogP contribution in [0.1, 0.15) is 47.5 Å². The SMILES string of the molecule is CC.CCC.C[C@H]1CC(O)[C@@H](COP(=O)(O)OP(=O)(O)OP(=O)(O)O)O1. The zero-order chi connectivity index (χ0) is 21.2. The summed E-state index contributed by atoms with van der Waals surface area (Å²) in [5.74, 6) is 0. The van der Waals surface area contributed by atoms with Gasteiger partial charge >= 0.3 is 23.5 Å². The van der Waals surface area contributed by atoms with E-state index in [1.54, 1.807) is 6.92 Å². The molecule has 5 N–H and O–H groups in total. The highest BCUT2D eigenvalue weighted by Crippen LogP contribution is 2.66. The first-order chi connectivity index (χ1) is 11.7. The standard InChI is InChI=1S/C6H15O12P3.C3H8.C2H6/c1-4-2-5(7)6(16-4)3-15-20(11,12)18-21(13,14)17-19(8,9)10;1-3-2;1-2/h4-7H,2-3H2,1H3,(H,11,12)(H,13,14)(H2,8,9,10);3H2,1-2H3;1-2H3/t4-,5?,6+;;/m0../s1. The summed E-state index contributed by atoms with van der Waals surface area (Å²) in [4.78, 5) is 34.7. The minimum Gasteiger partial charge on any atom is -0.390 e. The Morgan fingerprint density at radius 2 is 1.46 bits per heavy atom. The summed E-state index contributed by atoms with van der Waals surface area (Å²) in [6, 6.07) is 0. The highest BCUT2D eigenvalue weighted by atomic mass is 31.3. The molecule has 1 rings (SSSR count). The molecule has 12 nitrogen and oxygen atoms in total. The van der Waals surface area contributed by atoms with Crippen LogP contribution in [-0.4, -0.2) is 49.6 Å². The lowest BCUT2D eigenvalue weighted by molar-refractivity contribution is -0.0167. The van der Waals surface area contributed by atoms with Gasteiger partial charge < -0.3 is 29.4 Å². The zero-order valence-electron chi connectivity index (χ0n) is 15.3. The predicted octanol–water partition coefficient (Wildman–Crippen LogP) is 2.31. The van der Waals surface area contributed by atoms with Gasteiger partial charge in [-0.15, -0.1) is 0 Å². The fourth-order valence-electron chi connectivity index (χ4n) is 1.56. The first-order valence-corrected chi connectivity index (χ1v) is 12.3. The Labute approximate surface area is 152 Å². The molecule has 0 amide bonds. The zero-order valence-corrected chi connectivity index (χ0v) is 18.0. The van der Waals surface area contributed by atoms with E-state index in [4.69, 9.17) is 24.3 Å². The van der Waals surface area contributed by atoms with Crippen molar-refractivity contribution in [3.05, 3.63) is 0 Å². The summed E-state index contributed by atoms with van der Waals surface area (Å²) in [5, 5.41) is 9.49. The summed E-state index contributed by atoms with van der Waals surface area (Å²) in [6.45, 7) is 9.25. The van der Waals surface area contributed by atoms with Crippen molar-refractivity contribution in [1.82, 2.24) is 0 Å². The third-order valence-corrected chi connectivity index (χ3v) is 6.03. The molecular weight excluding hydrogens is 417 g/mol. The van der Waals surface area contributed by atoms with Crippen LogP contribution in [0, 0.1) is 0 Å². The first kappa shape index (κ1) is 28.5. The molecule has 0 aromatic rings. The molecule has 1 aliphatic rings. The molecule has 1 heterocycles. The third-order valence-electron chi connectivity index (χ3n) is 2.23. The van der Waals surface area contributed by atoms with Gasteiger partial charge in [-0.3, -0.25) is 4.52 Å². The Bertz CT molecular complexity index is 521. The maximum atomic E-state index is 11.4. The summed E-state index contributed by atoms with van der Waals surface area (Å²) >= 11 is 0. The van der Waals surface area contributed by atoms with Gasteiger partial charge in [0.15, 0.2) is 0 Å². The summed E-state index contributed by atoms with van der Waals surface area (Å²) in [5.41, 5.74) is 0. The van der Waals surface area contributed by atoms with Crippen molar-refractivity contribution < 1.29 is 56.3 Å². The molecule has 0 bridgehead atoms. The molecule has 0 aromatic carbocycles. The van der Waals surface area contributed by atoms with Gasteiger partial charge in [-0.05, 0) is 6.92 Å². The van der Waals surface area contributed by atoms with Crippen LogP contribution in [0.15, 0.2) is 0 Å². The lowest BCUT2D eigenvalue weighted by Gasteiger charge is -2.19. The van der Waals surface area contributed by atoms with Gasteiger partial charge in [-0.25, -0.2) is 13.7 Å². The van der Waals surface area contributed by atoms with E-state index in [2.05, 4.69) is 27.0 Å². The van der Waals surface area contributed by atoms with Crippen LogP contribution in [0.25, 0.3) is 0 Å². The fraction of sp³-hybridized carbons (Fsp3) is 1.00. The van der Waals surface area contributed by atoms with Gasteiger partial charge in [0.1, 0.15) is 6.10 Å². The Morgan fingerprint density at radius 1 is 1.00 bits per heavy atom. The third kappa shape index (κ3) is 14.4. The van der Waals surface area contributed by atoms with Gasteiger partial charge in [0.25, 0.3) is 0 Å². The highest BCUT2D eigenvalue weighted by Gasteiger charge is 2.42. The van der Waals surface area contributed by atoms with E-state index in [9.17, 15) is 18.8 Å². The Hall–Kier alpha value is 0.330. The van der Waals surface area contributed by atoms with Gasteiger partial charge in [-0.1, -0.05) is 34.1 Å². The number of aliphatic hydroxyl groups excluding tert-OH is 1. The molecule has 160 valence electrons. The van der Waals surface area contributed by atoms with Crippen LogP contribution in [0.3, 0.4) is 0 Å². The van der Waals surface area contributed by atoms with E-state index in [-0.39, 0.29) is 12.5 Å². The number of hydrogen-bond donors (Lipinski definition) is 5. The molecule has 0 spiro atoms. The second-order valence-electron chi connectivity index (χ2n) is 4.88. The van der Waals surface area contributed by atoms with Crippen LogP contribution in [-0.2, 0) is 31.6 Å². The Morgan fingerprint density at radius 3 is 1.81 bits per heavy atom. The second-order valence-corrected chi connectivity index (χ2v) is 9.30. The van der Waals surface area contributed by atoms with Crippen molar-refractivity contribution in [3.8, 4) is 0 Å². The van der Waals surface area contributed by atoms with Gasteiger partial charge in [0, 0.05) is 6.42 Å². The molecule has 1 fully saturated rings. The molecule has 15 heteroatoms. The largest absolute Gasteiger partial charge is 0.490 e. The van der Waals surface area contributed by atoms with Gasteiger partial charge in [-0.2, -0.15) is 8.62 Å². The molecular formula is C11H29O12P3. The maximum absolute atomic E-state index is 11.4. The lowest BCUT2D eigenvalue weighted by atomic mass is 10.1. The van der Waals surface area contributed by atoms with Crippen molar-refractivity contribution in [2.45, 2.75) is 65.8 Å². The Kier molecular flexibility index (Phi) is 14.0. The number of aliphatic hydroxyl groups is 1. The molecule has 0 saturated carbocycles. The van der Waals surface area contributed by atoms with Crippen LogP contribution < -0.4 is 0 Å². The van der Waals surface area contributed by atoms with Crippen molar-refractivity contribution in [2.24, 2.45) is 0 Å². The second kappa shape index (κ2) is 12.7. The molecule has 0 aliphatic carbocycles. The van der Waals surface area contributed by atoms with E-state index >= 15 is 0 Å². The number of phosphoric acid groups is 3. The minimum atomic E-state index is -5.53. The van der Waals surface area contributed by atoms with Crippen LogP contribution in [0.2, 0.25) is 0 Å². The predicted molar refractivity (Wildman–Crippen MR) is 92.1 cm³/mol. The monoisotopic (exact) mass is 446 g/mol. The van der Waals surface area contributed by atoms with E-state index in [1.165, 1.54) is 6.42 Å². The number of phosphoric ester groups is 1. The highest BCUT2D eigenvalue weighted by molar-refractivity contribution is 7.66. The van der Waals surface area contributed by atoms with Crippen molar-refractivity contribution >= 4 is 23.5 Å². The van der Waals surface area contributed by atoms with Crippen molar-refractivity contribution in [3.63, 3.8) is 0 Å². The molecule has 0 radical (unpaired) electrons. The van der Waals surface area contributed by atoms with Crippen molar-refractivity contribution in [1.29, 1.82) is 0 Å². The van der Waals surface area contributed by atoms with E-state index in [0.717, 1.165) is 0 Å². The normalized spacial score (nSPS) is 27.2. The van der Waals surface area contributed by atoms with E-state index < -0.39 is 42.3 Å². The first-order valence-electron chi connectivity index (χ1n) is 7.83. The number of hydrogen-bond acceptors (Lipinski definition) is 8. The average molecular weight is 446 g/mol. The van der Waals surface area contributed by atoms with Gasteiger partial charge in [0.2, 0.25) is 0 Å². The Balaban J connectivity index is 0. The summed E-state index contributed by atoms with van der Waals surface area (Å²) in [7, 11) is -16.1. The summed E-state index contributed by atoms with van der Waals surface area (Å²) < 4.78 is 49.3. The molecule has 3 unspecified atom stereocenters. The maximum Gasteiger partial charge on any atom is 0.490 e. The van der Waals surface area contributed by atoms with Crippen molar-refractivity contribution in [2.75, 3.05) is 6.61 Å². The smallest absolute Gasteiger partial charge is 0.390 e.